The Hall–Kier alpha value is -3.43. The van der Waals surface area contributed by atoms with Crippen molar-refractivity contribution >= 4 is 5.95 Å². The quantitative estimate of drug-likeness (QED) is 0.509. The number of hydrogen-bond donors (Lipinski definition) is 1. The van der Waals surface area contributed by atoms with Gasteiger partial charge in [-0.15, -0.1) is 6.42 Å². The van der Waals surface area contributed by atoms with Gasteiger partial charge in [-0.25, -0.2) is 9.97 Å². The van der Waals surface area contributed by atoms with Gasteiger partial charge in [0.15, 0.2) is 0 Å². The average molecular weight is 442 g/mol. The zero-order chi connectivity index (χ0) is 23.0. The molecule has 6 heteroatoms. The molecule has 1 aliphatic heterocycles. The Bertz CT molecular complexity index is 1090. The normalized spacial score (nSPS) is 14.7. The van der Waals surface area contributed by atoms with Crippen LogP contribution in [0.15, 0.2) is 55.0 Å². The van der Waals surface area contributed by atoms with Gasteiger partial charge in [0.1, 0.15) is 12.4 Å². The average Bonchev–Trinajstić information content (AvgIpc) is 2.84. The van der Waals surface area contributed by atoms with E-state index in [1.54, 1.807) is 6.20 Å². The smallest absolute Gasteiger partial charge is 0.223 e. The van der Waals surface area contributed by atoms with Crippen molar-refractivity contribution in [2.24, 2.45) is 0 Å². The highest BCUT2D eigenvalue weighted by molar-refractivity contribution is 5.65. The summed E-state index contributed by atoms with van der Waals surface area (Å²) in [6.45, 7) is 7.34. The fourth-order valence-corrected chi connectivity index (χ4v) is 4.28. The molecule has 33 heavy (non-hydrogen) atoms. The molecule has 1 saturated heterocycles. The highest BCUT2D eigenvalue weighted by atomic mass is 16.5. The van der Waals surface area contributed by atoms with Crippen molar-refractivity contribution < 1.29 is 4.74 Å². The number of rotatable bonds is 8. The fraction of sp³-hybridized carbons (Fsp3) is 0.370. The summed E-state index contributed by atoms with van der Waals surface area (Å²) in [6, 6.07) is 12.5. The molecule has 0 aliphatic carbocycles. The topological polar surface area (TPSA) is 63.2 Å². The first-order valence-corrected chi connectivity index (χ1v) is 11.5. The Morgan fingerprint density at radius 1 is 1.15 bits per heavy atom. The molecular weight excluding hydrogens is 410 g/mol. The van der Waals surface area contributed by atoms with Crippen molar-refractivity contribution in [3.05, 3.63) is 66.2 Å². The third-order valence-corrected chi connectivity index (χ3v) is 5.86. The first-order chi connectivity index (χ1) is 16.1. The maximum Gasteiger partial charge on any atom is 0.223 e. The van der Waals surface area contributed by atoms with E-state index in [4.69, 9.17) is 16.1 Å². The molecule has 0 unspecified atom stereocenters. The first kappa shape index (κ1) is 22.8. The number of nitrogens with zero attached hydrogens (tertiary/aromatic N) is 4. The van der Waals surface area contributed by atoms with Gasteiger partial charge in [0.25, 0.3) is 0 Å². The minimum Gasteiger partial charge on any atom is -0.481 e. The Morgan fingerprint density at radius 3 is 2.70 bits per heavy atom. The molecule has 0 atom stereocenters. The Balaban J connectivity index is 1.50. The van der Waals surface area contributed by atoms with Crippen LogP contribution in [0, 0.1) is 12.3 Å². The van der Waals surface area contributed by atoms with Crippen LogP contribution < -0.4 is 10.1 Å². The van der Waals surface area contributed by atoms with Crippen molar-refractivity contribution in [1.82, 2.24) is 19.9 Å². The molecule has 0 bridgehead atoms. The van der Waals surface area contributed by atoms with Crippen molar-refractivity contribution in [2.75, 3.05) is 25.0 Å². The Labute approximate surface area is 196 Å². The second kappa shape index (κ2) is 10.9. The van der Waals surface area contributed by atoms with E-state index in [2.05, 4.69) is 58.2 Å². The van der Waals surface area contributed by atoms with Crippen LogP contribution in [0.2, 0.25) is 0 Å². The van der Waals surface area contributed by atoms with Crippen LogP contribution in [0.1, 0.15) is 43.9 Å². The molecule has 3 heterocycles. The summed E-state index contributed by atoms with van der Waals surface area (Å²) in [5.41, 5.74) is 4.42. The number of terminal acetylenes is 1. The van der Waals surface area contributed by atoms with Crippen molar-refractivity contribution in [3.63, 3.8) is 0 Å². The lowest BCUT2D eigenvalue weighted by Crippen LogP contribution is -2.33. The summed E-state index contributed by atoms with van der Waals surface area (Å²) in [7, 11) is 0. The van der Waals surface area contributed by atoms with E-state index in [0.29, 0.717) is 11.9 Å². The molecule has 4 rings (SSSR count). The number of benzene rings is 1. The number of aromatic nitrogens is 3. The standard InChI is InChI=1S/C27H31N5O/c1-4-16-33-25-10-6-5-8-23(25)19-32-14-11-21(12-15-32)26-24(22-9-7-13-28-17-22)18-29-27(31-26)30-20(2)3/h1,5-10,13,17-18,20-21H,11-12,14-16,19H2,2-3H3,(H,29,30,31). The molecule has 0 amide bonds. The van der Waals surface area contributed by atoms with E-state index in [9.17, 15) is 0 Å². The number of nitrogens with one attached hydrogen (secondary N) is 1. The number of piperidine rings is 1. The van der Waals surface area contributed by atoms with Crippen LogP contribution in [0.25, 0.3) is 11.1 Å². The second-order valence-electron chi connectivity index (χ2n) is 8.68. The van der Waals surface area contributed by atoms with Gasteiger partial charge in [0, 0.05) is 53.8 Å². The third kappa shape index (κ3) is 5.88. The summed E-state index contributed by atoms with van der Waals surface area (Å²) in [5.74, 6) is 4.48. The highest BCUT2D eigenvalue weighted by Crippen LogP contribution is 2.35. The summed E-state index contributed by atoms with van der Waals surface area (Å²) >= 11 is 0. The maximum atomic E-state index is 5.74. The monoisotopic (exact) mass is 441 g/mol. The van der Waals surface area contributed by atoms with Crippen LogP contribution in [0.5, 0.6) is 5.75 Å². The van der Waals surface area contributed by atoms with Crippen molar-refractivity contribution in [3.8, 4) is 29.2 Å². The molecule has 6 nitrogen and oxygen atoms in total. The molecule has 1 fully saturated rings. The van der Waals surface area contributed by atoms with E-state index in [1.807, 2.05) is 30.6 Å². The van der Waals surface area contributed by atoms with Crippen LogP contribution >= 0.6 is 0 Å². The van der Waals surface area contributed by atoms with E-state index in [1.165, 1.54) is 5.56 Å². The SMILES string of the molecule is C#CCOc1ccccc1CN1CCC(c2nc(NC(C)C)ncc2-c2cccnc2)CC1. The zero-order valence-corrected chi connectivity index (χ0v) is 19.4. The van der Waals surface area contributed by atoms with Gasteiger partial charge in [-0.05, 0) is 51.9 Å². The maximum absolute atomic E-state index is 5.74. The summed E-state index contributed by atoms with van der Waals surface area (Å²) in [6.07, 6.45) is 13.1. The number of anilines is 1. The zero-order valence-electron chi connectivity index (χ0n) is 19.4. The van der Waals surface area contributed by atoms with Gasteiger partial charge in [0.2, 0.25) is 5.95 Å². The number of pyridine rings is 1. The lowest BCUT2D eigenvalue weighted by atomic mass is 9.89. The minimum absolute atomic E-state index is 0.278. The van der Waals surface area contributed by atoms with E-state index >= 15 is 0 Å². The van der Waals surface area contributed by atoms with Gasteiger partial charge in [-0.2, -0.15) is 0 Å². The van der Waals surface area contributed by atoms with Gasteiger partial charge >= 0.3 is 0 Å². The molecule has 1 aromatic carbocycles. The largest absolute Gasteiger partial charge is 0.481 e. The van der Waals surface area contributed by atoms with E-state index < -0.39 is 0 Å². The van der Waals surface area contributed by atoms with Gasteiger partial charge < -0.3 is 10.1 Å². The van der Waals surface area contributed by atoms with Gasteiger partial charge in [-0.1, -0.05) is 30.2 Å². The molecule has 3 aromatic rings. The van der Waals surface area contributed by atoms with Crippen LogP contribution in [-0.2, 0) is 6.54 Å². The Kier molecular flexibility index (Phi) is 7.54. The number of para-hydroxylation sites is 1. The van der Waals surface area contributed by atoms with Gasteiger partial charge in [-0.3, -0.25) is 9.88 Å². The first-order valence-electron chi connectivity index (χ1n) is 11.5. The summed E-state index contributed by atoms with van der Waals surface area (Å²) < 4.78 is 5.74. The molecule has 0 saturated carbocycles. The Morgan fingerprint density at radius 2 is 1.97 bits per heavy atom. The molecule has 2 aromatic heterocycles. The van der Waals surface area contributed by atoms with E-state index in [-0.39, 0.29) is 12.6 Å². The molecule has 0 spiro atoms. The molecule has 170 valence electrons. The summed E-state index contributed by atoms with van der Waals surface area (Å²) in [5, 5.41) is 3.35. The predicted octanol–water partition coefficient (Wildman–Crippen LogP) is 4.75. The van der Waals surface area contributed by atoms with Crippen molar-refractivity contribution in [2.45, 2.75) is 45.2 Å². The van der Waals surface area contributed by atoms with Crippen LogP contribution in [-0.4, -0.2) is 45.6 Å². The summed E-state index contributed by atoms with van der Waals surface area (Å²) in [4.78, 5) is 16.3. The molecule has 1 N–H and O–H groups in total. The molecular formula is C27H31N5O. The number of likely N-dealkylation sites (tertiary alicyclic amines) is 1. The van der Waals surface area contributed by atoms with Gasteiger partial charge in [0.05, 0.1) is 5.69 Å². The fourth-order valence-electron chi connectivity index (χ4n) is 4.28. The van der Waals surface area contributed by atoms with Crippen LogP contribution in [0.3, 0.4) is 0 Å². The van der Waals surface area contributed by atoms with Crippen molar-refractivity contribution in [1.29, 1.82) is 0 Å². The predicted molar refractivity (Wildman–Crippen MR) is 132 cm³/mol. The van der Waals surface area contributed by atoms with Crippen LogP contribution in [0.4, 0.5) is 5.95 Å². The minimum atomic E-state index is 0.278. The molecule has 0 radical (unpaired) electrons. The third-order valence-electron chi connectivity index (χ3n) is 5.86. The second-order valence-corrected chi connectivity index (χ2v) is 8.68. The molecule has 1 aliphatic rings. The highest BCUT2D eigenvalue weighted by Gasteiger charge is 2.25. The lowest BCUT2D eigenvalue weighted by Gasteiger charge is -2.33. The number of ether oxygens (including phenoxy) is 1. The lowest BCUT2D eigenvalue weighted by molar-refractivity contribution is 0.200. The number of hydrogen-bond acceptors (Lipinski definition) is 6. The van der Waals surface area contributed by atoms with E-state index in [0.717, 1.165) is 55.0 Å².